The van der Waals surface area contributed by atoms with Crippen LogP contribution in [0.1, 0.15) is 43.0 Å². The molecule has 1 atom stereocenters. The zero-order valence-corrected chi connectivity index (χ0v) is 21.4. The van der Waals surface area contributed by atoms with Crippen LogP contribution in [0.5, 0.6) is 5.75 Å². The van der Waals surface area contributed by atoms with Crippen LogP contribution in [0.4, 0.5) is 5.82 Å². The second kappa shape index (κ2) is 10.1. The first-order chi connectivity index (χ1) is 18.1. The number of benzene rings is 2. The van der Waals surface area contributed by atoms with E-state index in [9.17, 15) is 5.11 Å². The highest BCUT2D eigenvalue weighted by Gasteiger charge is 2.37. The minimum Gasteiger partial charge on any atom is -0.489 e. The van der Waals surface area contributed by atoms with E-state index in [1.165, 1.54) is 12.1 Å². The first kappa shape index (κ1) is 23.9. The summed E-state index contributed by atoms with van der Waals surface area (Å²) in [6, 6.07) is 19.2. The van der Waals surface area contributed by atoms with Crippen LogP contribution in [0.15, 0.2) is 60.9 Å². The summed E-state index contributed by atoms with van der Waals surface area (Å²) in [5.74, 6) is 1.98. The first-order valence-corrected chi connectivity index (χ1v) is 13.4. The Hall–Kier alpha value is -3.42. The molecule has 0 radical (unpaired) electrons. The molecule has 0 amide bonds. The topological polar surface area (TPSA) is 89.4 Å². The van der Waals surface area contributed by atoms with E-state index in [2.05, 4.69) is 45.6 Å². The highest BCUT2D eigenvalue weighted by atomic mass is 16.5. The van der Waals surface area contributed by atoms with E-state index in [1.807, 2.05) is 30.3 Å². The predicted octanol–water partition coefficient (Wildman–Crippen LogP) is 4.98. The Bertz CT molecular complexity index is 1380. The molecular weight excluding hydrogens is 462 g/mol. The molecule has 1 saturated heterocycles. The molecule has 2 fully saturated rings. The Morgan fingerprint density at radius 3 is 2.73 bits per heavy atom. The molecule has 0 bridgehead atoms. The molecule has 192 valence electrons. The van der Waals surface area contributed by atoms with Gasteiger partial charge in [-0.15, -0.1) is 0 Å². The van der Waals surface area contributed by atoms with Crippen molar-refractivity contribution in [1.29, 1.82) is 0 Å². The predicted molar refractivity (Wildman–Crippen MR) is 146 cm³/mol. The average molecular weight is 498 g/mol. The molecule has 2 aromatic carbocycles. The van der Waals surface area contributed by atoms with E-state index in [0.29, 0.717) is 30.4 Å². The van der Waals surface area contributed by atoms with Gasteiger partial charge in [-0.3, -0.25) is 4.90 Å². The Kier molecular flexibility index (Phi) is 6.57. The number of aliphatic hydroxyl groups is 1. The monoisotopic (exact) mass is 497 g/mol. The molecule has 3 N–H and O–H groups in total. The van der Waals surface area contributed by atoms with Gasteiger partial charge in [0, 0.05) is 29.9 Å². The van der Waals surface area contributed by atoms with E-state index in [4.69, 9.17) is 15.5 Å². The van der Waals surface area contributed by atoms with Gasteiger partial charge in [0.15, 0.2) is 0 Å². The summed E-state index contributed by atoms with van der Waals surface area (Å²) in [5, 5.41) is 10.6. The van der Waals surface area contributed by atoms with Crippen LogP contribution in [0.2, 0.25) is 0 Å². The standard InChI is InChI=1S/C30H35N5O2/c1-20-27(23-9-5-11-26(15-23)37-18-21-7-3-2-4-8-21)28-29(31)32-19-33-30(28)35(20)25-13-22(14-25)16-34-12-6-10-24(34)17-36/h2-5,7-9,11,15,19,22,24-25,36H,6,10,12-14,16-18H2,1H3,(H2,31,32,33)/t22?,24-,25?/m1/s1. The van der Waals surface area contributed by atoms with Crippen molar-refractivity contribution in [3.63, 3.8) is 0 Å². The van der Waals surface area contributed by atoms with Gasteiger partial charge in [-0.2, -0.15) is 0 Å². The van der Waals surface area contributed by atoms with Crippen LogP contribution in [0, 0.1) is 12.8 Å². The lowest BCUT2D eigenvalue weighted by atomic mass is 9.79. The van der Waals surface area contributed by atoms with Gasteiger partial charge < -0.3 is 20.1 Å². The van der Waals surface area contributed by atoms with Gasteiger partial charge in [0.25, 0.3) is 0 Å². The quantitative estimate of drug-likeness (QED) is 0.357. The van der Waals surface area contributed by atoms with Crippen LogP contribution in [0.3, 0.4) is 0 Å². The number of hydrogen-bond acceptors (Lipinski definition) is 6. The third kappa shape index (κ3) is 4.58. The summed E-state index contributed by atoms with van der Waals surface area (Å²) >= 11 is 0. The van der Waals surface area contributed by atoms with Crippen molar-refractivity contribution in [2.24, 2.45) is 5.92 Å². The van der Waals surface area contributed by atoms with Crippen molar-refractivity contribution in [3.05, 3.63) is 72.2 Å². The van der Waals surface area contributed by atoms with Crippen LogP contribution < -0.4 is 10.5 Å². The number of aliphatic hydroxyl groups excluding tert-OH is 1. The third-order valence-corrected chi connectivity index (χ3v) is 8.21. The third-order valence-electron chi connectivity index (χ3n) is 8.21. The van der Waals surface area contributed by atoms with E-state index in [1.54, 1.807) is 6.33 Å². The molecule has 4 aromatic rings. The number of hydrogen-bond donors (Lipinski definition) is 2. The van der Waals surface area contributed by atoms with Crippen LogP contribution in [0.25, 0.3) is 22.2 Å². The number of fused-ring (bicyclic) bond motifs is 1. The second-order valence-corrected chi connectivity index (χ2v) is 10.6. The molecule has 37 heavy (non-hydrogen) atoms. The number of anilines is 1. The lowest BCUT2D eigenvalue weighted by Gasteiger charge is -2.40. The molecule has 1 aliphatic carbocycles. The normalized spacial score (nSPS) is 21.8. The van der Waals surface area contributed by atoms with E-state index in [0.717, 1.165) is 65.8 Å². The van der Waals surface area contributed by atoms with E-state index >= 15 is 0 Å². The summed E-state index contributed by atoms with van der Waals surface area (Å²) in [5.41, 5.74) is 11.8. The fourth-order valence-electron chi connectivity index (χ4n) is 6.29. The van der Waals surface area contributed by atoms with Gasteiger partial charge in [-0.1, -0.05) is 42.5 Å². The molecule has 0 unspecified atom stereocenters. The molecule has 1 aliphatic heterocycles. The summed E-state index contributed by atoms with van der Waals surface area (Å²) in [6.07, 6.45) is 6.10. The molecule has 1 saturated carbocycles. The summed E-state index contributed by atoms with van der Waals surface area (Å²) in [4.78, 5) is 11.5. The molecule has 2 aliphatic rings. The highest BCUT2D eigenvalue weighted by Crippen LogP contribution is 2.46. The van der Waals surface area contributed by atoms with Crippen LogP contribution in [-0.2, 0) is 6.61 Å². The number of nitrogens with zero attached hydrogens (tertiary/aromatic N) is 4. The summed E-state index contributed by atoms with van der Waals surface area (Å²) in [6.45, 7) is 5.14. The number of rotatable bonds is 8. The number of ether oxygens (including phenoxy) is 1. The molecule has 2 aromatic heterocycles. The minimum absolute atomic E-state index is 0.269. The van der Waals surface area contributed by atoms with Crippen molar-refractivity contribution < 1.29 is 9.84 Å². The van der Waals surface area contributed by atoms with Gasteiger partial charge in [0.1, 0.15) is 30.1 Å². The Morgan fingerprint density at radius 1 is 1.08 bits per heavy atom. The Balaban J connectivity index is 1.27. The number of nitrogen functional groups attached to an aromatic ring is 1. The minimum atomic E-state index is 0.269. The molecular formula is C30H35N5O2. The van der Waals surface area contributed by atoms with Gasteiger partial charge in [0.2, 0.25) is 0 Å². The van der Waals surface area contributed by atoms with Gasteiger partial charge >= 0.3 is 0 Å². The Labute approximate surface area is 217 Å². The molecule has 0 spiro atoms. The summed E-state index contributed by atoms with van der Waals surface area (Å²) < 4.78 is 8.51. The second-order valence-electron chi connectivity index (χ2n) is 10.6. The zero-order chi connectivity index (χ0) is 25.4. The average Bonchev–Trinajstić information content (AvgIpc) is 3.47. The van der Waals surface area contributed by atoms with E-state index < -0.39 is 0 Å². The smallest absolute Gasteiger partial charge is 0.146 e. The SMILES string of the molecule is Cc1c(-c2cccc(OCc3ccccc3)c2)c2c(N)ncnc2n1C1CC(CN2CCC[C@@H]2CO)C1. The first-order valence-electron chi connectivity index (χ1n) is 13.4. The summed E-state index contributed by atoms with van der Waals surface area (Å²) in [7, 11) is 0. The fraction of sp³-hybridized carbons (Fsp3) is 0.400. The Morgan fingerprint density at radius 2 is 1.92 bits per heavy atom. The van der Waals surface area contributed by atoms with Gasteiger partial charge in [-0.05, 0) is 68.3 Å². The maximum Gasteiger partial charge on any atom is 0.146 e. The van der Waals surface area contributed by atoms with Crippen molar-refractivity contribution in [1.82, 2.24) is 19.4 Å². The lowest BCUT2D eigenvalue weighted by molar-refractivity contribution is 0.0965. The van der Waals surface area contributed by atoms with Gasteiger partial charge in [0.05, 0.1) is 12.0 Å². The molecule has 7 heteroatoms. The van der Waals surface area contributed by atoms with Crippen molar-refractivity contribution >= 4 is 16.9 Å². The maximum absolute atomic E-state index is 9.69. The highest BCUT2D eigenvalue weighted by molar-refractivity contribution is 6.02. The van der Waals surface area contributed by atoms with E-state index in [-0.39, 0.29) is 6.61 Å². The maximum atomic E-state index is 9.69. The molecule has 3 heterocycles. The van der Waals surface area contributed by atoms with Crippen LogP contribution >= 0.6 is 0 Å². The zero-order valence-electron chi connectivity index (χ0n) is 21.4. The van der Waals surface area contributed by atoms with Crippen molar-refractivity contribution in [3.8, 4) is 16.9 Å². The van der Waals surface area contributed by atoms with Crippen molar-refractivity contribution in [2.75, 3.05) is 25.4 Å². The largest absolute Gasteiger partial charge is 0.489 e. The molecule has 7 nitrogen and oxygen atoms in total. The number of aromatic nitrogens is 3. The number of nitrogens with two attached hydrogens (primary N) is 1. The molecule has 6 rings (SSSR count). The van der Waals surface area contributed by atoms with Gasteiger partial charge in [-0.25, -0.2) is 9.97 Å². The van der Waals surface area contributed by atoms with Crippen LogP contribution in [-0.4, -0.2) is 50.3 Å². The van der Waals surface area contributed by atoms with Crippen molar-refractivity contribution in [2.45, 2.75) is 51.3 Å². The fourth-order valence-corrected chi connectivity index (χ4v) is 6.29. The number of likely N-dealkylation sites (tertiary alicyclic amines) is 1. The lowest BCUT2D eigenvalue weighted by Crippen LogP contribution is -2.41.